The summed E-state index contributed by atoms with van der Waals surface area (Å²) in [6, 6.07) is 26.0. The monoisotopic (exact) mass is 483 g/mol. The molecule has 0 aliphatic heterocycles. The van der Waals surface area contributed by atoms with Crippen LogP contribution >= 0.6 is 27.3 Å². The SMILES string of the molecule is N#C/C(=C\c1ccc2noc(-c3ccccc3)c2c1)c1nc(-c2ccc(Br)cc2)cs1. The number of nitrogens with zero attached hydrogens (tertiary/aromatic N) is 3. The largest absolute Gasteiger partial charge is 0.355 e. The highest BCUT2D eigenvalue weighted by atomic mass is 79.9. The molecule has 0 saturated heterocycles. The Morgan fingerprint density at radius 3 is 2.58 bits per heavy atom. The standard InChI is InChI=1S/C25H14BrN3OS/c26-20-9-7-17(8-10-20)23-15-31-25(28-23)19(14-27)12-16-6-11-22-21(13-16)24(30-29-22)18-4-2-1-3-5-18/h1-13,15H/b19-12+. The van der Waals surface area contributed by atoms with Crippen molar-refractivity contribution in [1.82, 2.24) is 10.1 Å². The second-order valence-corrected chi connectivity index (χ2v) is 8.64. The van der Waals surface area contributed by atoms with Gasteiger partial charge >= 0.3 is 0 Å². The second kappa shape index (κ2) is 8.31. The van der Waals surface area contributed by atoms with Crippen molar-refractivity contribution in [2.24, 2.45) is 0 Å². The zero-order valence-corrected chi connectivity index (χ0v) is 18.5. The van der Waals surface area contributed by atoms with E-state index in [0.29, 0.717) is 10.6 Å². The summed E-state index contributed by atoms with van der Waals surface area (Å²) in [5.41, 5.74) is 5.03. The number of halogens is 1. The van der Waals surface area contributed by atoms with Crippen molar-refractivity contribution < 1.29 is 4.52 Å². The second-order valence-electron chi connectivity index (χ2n) is 6.87. The zero-order valence-electron chi connectivity index (χ0n) is 16.1. The molecule has 0 aliphatic rings. The summed E-state index contributed by atoms with van der Waals surface area (Å²) in [5.74, 6) is 0.719. The third-order valence-corrected chi connectivity index (χ3v) is 6.25. The van der Waals surface area contributed by atoms with Gasteiger partial charge in [0.15, 0.2) is 5.76 Å². The number of benzene rings is 3. The van der Waals surface area contributed by atoms with Crippen molar-refractivity contribution in [3.05, 3.63) is 93.2 Å². The van der Waals surface area contributed by atoms with Crippen molar-refractivity contribution in [3.8, 4) is 28.7 Å². The molecule has 148 valence electrons. The number of hydrogen-bond acceptors (Lipinski definition) is 5. The summed E-state index contributed by atoms with van der Waals surface area (Å²) in [6.45, 7) is 0. The number of hydrogen-bond donors (Lipinski definition) is 0. The molecule has 2 aromatic heterocycles. The lowest BCUT2D eigenvalue weighted by atomic mass is 10.0. The fourth-order valence-corrected chi connectivity index (χ4v) is 4.36. The van der Waals surface area contributed by atoms with Crippen LogP contribution in [0, 0.1) is 11.3 Å². The number of thiazole rings is 1. The Labute approximate surface area is 191 Å². The molecule has 0 unspecified atom stereocenters. The van der Waals surface area contributed by atoms with E-state index in [4.69, 9.17) is 4.52 Å². The minimum atomic E-state index is 0.519. The summed E-state index contributed by atoms with van der Waals surface area (Å²) in [7, 11) is 0. The van der Waals surface area contributed by atoms with Crippen LogP contribution in [0.4, 0.5) is 0 Å². The maximum Gasteiger partial charge on any atom is 0.174 e. The molecule has 3 aromatic carbocycles. The first kappa shape index (κ1) is 19.4. The van der Waals surface area contributed by atoms with Gasteiger partial charge in [-0.1, -0.05) is 69.6 Å². The first-order valence-corrected chi connectivity index (χ1v) is 11.2. The van der Waals surface area contributed by atoms with Gasteiger partial charge in [-0.3, -0.25) is 0 Å². The van der Waals surface area contributed by atoms with Crippen molar-refractivity contribution in [3.63, 3.8) is 0 Å². The molecular weight excluding hydrogens is 470 g/mol. The van der Waals surface area contributed by atoms with E-state index in [2.05, 4.69) is 32.1 Å². The highest BCUT2D eigenvalue weighted by molar-refractivity contribution is 9.10. The number of fused-ring (bicyclic) bond motifs is 1. The summed E-state index contributed by atoms with van der Waals surface area (Å²) in [6.07, 6.45) is 1.85. The topological polar surface area (TPSA) is 62.7 Å². The normalized spacial score (nSPS) is 11.5. The Hall–Kier alpha value is -3.53. The molecule has 0 bridgehead atoms. The molecular formula is C25H14BrN3OS. The lowest BCUT2D eigenvalue weighted by molar-refractivity contribution is 0.441. The van der Waals surface area contributed by atoms with Crippen LogP contribution in [0.15, 0.2) is 87.2 Å². The van der Waals surface area contributed by atoms with E-state index in [-0.39, 0.29) is 0 Å². The molecule has 4 nitrogen and oxygen atoms in total. The minimum Gasteiger partial charge on any atom is -0.355 e. The number of aromatic nitrogens is 2. The van der Waals surface area contributed by atoms with E-state index >= 15 is 0 Å². The quantitative estimate of drug-likeness (QED) is 0.249. The molecule has 31 heavy (non-hydrogen) atoms. The Bertz CT molecular complexity index is 1440. The van der Waals surface area contributed by atoms with Crippen molar-refractivity contribution in [2.45, 2.75) is 0 Å². The molecule has 0 amide bonds. The van der Waals surface area contributed by atoms with Gasteiger partial charge in [-0.25, -0.2) is 4.98 Å². The third kappa shape index (κ3) is 3.93. The third-order valence-electron chi connectivity index (χ3n) is 4.84. The van der Waals surface area contributed by atoms with Gasteiger partial charge in [0, 0.05) is 21.0 Å². The fourth-order valence-electron chi connectivity index (χ4n) is 3.31. The van der Waals surface area contributed by atoms with Gasteiger partial charge in [0.25, 0.3) is 0 Å². The van der Waals surface area contributed by atoms with Crippen LogP contribution in [-0.4, -0.2) is 10.1 Å². The fraction of sp³-hybridized carbons (Fsp3) is 0. The zero-order chi connectivity index (χ0) is 21.2. The van der Waals surface area contributed by atoms with Gasteiger partial charge in [0.2, 0.25) is 0 Å². The van der Waals surface area contributed by atoms with E-state index in [1.165, 1.54) is 11.3 Å². The predicted octanol–water partition coefficient (Wildman–Crippen LogP) is 7.44. The van der Waals surface area contributed by atoms with Crippen LogP contribution in [0.3, 0.4) is 0 Å². The van der Waals surface area contributed by atoms with Crippen LogP contribution in [0.1, 0.15) is 10.6 Å². The Morgan fingerprint density at radius 2 is 1.81 bits per heavy atom. The van der Waals surface area contributed by atoms with Gasteiger partial charge in [-0.15, -0.1) is 11.3 Å². The first-order chi connectivity index (χ1) is 15.2. The molecule has 5 rings (SSSR count). The molecule has 0 spiro atoms. The first-order valence-electron chi connectivity index (χ1n) is 9.50. The van der Waals surface area contributed by atoms with Crippen molar-refractivity contribution in [1.29, 1.82) is 5.26 Å². The summed E-state index contributed by atoms with van der Waals surface area (Å²) in [4.78, 5) is 4.68. The highest BCUT2D eigenvalue weighted by Crippen LogP contribution is 2.31. The maximum absolute atomic E-state index is 9.77. The van der Waals surface area contributed by atoms with Crippen molar-refractivity contribution in [2.75, 3.05) is 0 Å². The van der Waals surface area contributed by atoms with Gasteiger partial charge < -0.3 is 4.52 Å². The Kier molecular flexibility index (Phi) is 5.21. The molecule has 0 N–H and O–H groups in total. The van der Waals surface area contributed by atoms with Crippen LogP contribution in [0.25, 0.3) is 45.1 Å². The molecule has 5 aromatic rings. The number of allylic oxidation sites excluding steroid dienone is 1. The van der Waals surface area contributed by atoms with E-state index < -0.39 is 0 Å². The molecule has 0 fully saturated rings. The smallest absolute Gasteiger partial charge is 0.174 e. The predicted molar refractivity (Wildman–Crippen MR) is 128 cm³/mol. The van der Waals surface area contributed by atoms with Crippen LogP contribution in [0.2, 0.25) is 0 Å². The van der Waals surface area contributed by atoms with Gasteiger partial charge in [0.1, 0.15) is 16.6 Å². The van der Waals surface area contributed by atoms with Gasteiger partial charge in [0.05, 0.1) is 16.7 Å². The van der Waals surface area contributed by atoms with Gasteiger partial charge in [-0.2, -0.15) is 5.26 Å². The molecule has 0 radical (unpaired) electrons. The lowest BCUT2D eigenvalue weighted by Gasteiger charge is -1.99. The summed E-state index contributed by atoms with van der Waals surface area (Å²) < 4.78 is 6.60. The van der Waals surface area contributed by atoms with E-state index in [9.17, 15) is 5.26 Å². The number of nitriles is 1. The molecule has 0 saturated carbocycles. The van der Waals surface area contributed by atoms with E-state index in [1.54, 1.807) is 0 Å². The molecule has 6 heteroatoms. The molecule has 0 atom stereocenters. The van der Waals surface area contributed by atoms with E-state index in [1.807, 2.05) is 84.3 Å². The summed E-state index contributed by atoms with van der Waals surface area (Å²) in [5, 5.41) is 17.5. The molecule has 0 aliphatic carbocycles. The lowest BCUT2D eigenvalue weighted by Crippen LogP contribution is -1.83. The van der Waals surface area contributed by atoms with Crippen LogP contribution < -0.4 is 0 Å². The van der Waals surface area contributed by atoms with Crippen LogP contribution in [-0.2, 0) is 0 Å². The highest BCUT2D eigenvalue weighted by Gasteiger charge is 2.13. The summed E-state index contributed by atoms with van der Waals surface area (Å²) >= 11 is 4.91. The average Bonchev–Trinajstić information content (AvgIpc) is 3.46. The molecule has 2 heterocycles. The van der Waals surface area contributed by atoms with Gasteiger partial charge in [-0.05, 0) is 35.9 Å². The van der Waals surface area contributed by atoms with E-state index in [0.717, 1.165) is 43.5 Å². The average molecular weight is 484 g/mol. The van der Waals surface area contributed by atoms with Crippen LogP contribution in [0.5, 0.6) is 0 Å². The minimum absolute atomic E-state index is 0.519. The Morgan fingerprint density at radius 1 is 1.00 bits per heavy atom. The maximum atomic E-state index is 9.77. The Balaban J connectivity index is 1.52. The number of rotatable bonds is 4. The van der Waals surface area contributed by atoms with Crippen molar-refractivity contribution >= 4 is 49.8 Å².